The Morgan fingerprint density at radius 2 is 1.89 bits per heavy atom. The van der Waals surface area contributed by atoms with Crippen molar-refractivity contribution in [2.75, 3.05) is 32.2 Å². The van der Waals surface area contributed by atoms with E-state index in [0.29, 0.717) is 32.9 Å². The number of hydrogen-bond acceptors (Lipinski definition) is 7. The molecule has 0 aromatic heterocycles. The Bertz CT molecular complexity index is 1130. The van der Waals surface area contributed by atoms with Gasteiger partial charge < -0.3 is 24.8 Å². The molecule has 0 spiro atoms. The second-order valence-electron chi connectivity index (χ2n) is 8.29. The van der Waals surface area contributed by atoms with Crippen molar-refractivity contribution >= 4 is 52.2 Å². The van der Waals surface area contributed by atoms with Crippen molar-refractivity contribution in [2.24, 2.45) is 5.10 Å². The fourth-order valence-electron chi connectivity index (χ4n) is 3.64. The first-order chi connectivity index (χ1) is 17.2. The Labute approximate surface area is 223 Å². The molecule has 192 valence electrons. The highest BCUT2D eigenvalue weighted by atomic mass is 127. The molecule has 0 aliphatic carbocycles. The van der Waals surface area contributed by atoms with Crippen molar-refractivity contribution in [3.05, 3.63) is 50.6 Å². The molecule has 1 heterocycles. The Morgan fingerprint density at radius 1 is 1.14 bits per heavy atom. The van der Waals surface area contributed by atoms with Gasteiger partial charge >= 0.3 is 11.8 Å². The molecule has 3 amide bonds. The van der Waals surface area contributed by atoms with Crippen LogP contribution in [-0.4, -0.2) is 56.9 Å². The van der Waals surface area contributed by atoms with Crippen LogP contribution in [0.25, 0.3) is 0 Å². The Hall–Kier alpha value is -3.19. The first-order valence-electron chi connectivity index (χ1n) is 11.4. The maximum Gasteiger partial charge on any atom is 0.329 e. The number of carbonyl (C=O) groups is 3. The Balaban J connectivity index is 1.54. The predicted octanol–water partition coefficient (Wildman–Crippen LogP) is 2.68. The third kappa shape index (κ3) is 8.19. The number of rotatable bonds is 9. The minimum atomic E-state index is -0.874. The summed E-state index contributed by atoms with van der Waals surface area (Å²) in [5, 5.41) is 9.20. The fourth-order valence-corrected chi connectivity index (χ4v) is 4.43. The second kappa shape index (κ2) is 13.2. The molecule has 36 heavy (non-hydrogen) atoms. The first-order valence-corrected chi connectivity index (χ1v) is 12.4. The fraction of sp³-hybridized carbons (Fsp3) is 0.360. The molecule has 1 saturated heterocycles. The van der Waals surface area contributed by atoms with E-state index in [1.165, 1.54) is 13.3 Å². The van der Waals surface area contributed by atoms with Gasteiger partial charge in [-0.2, -0.15) is 5.10 Å². The maximum absolute atomic E-state index is 12.4. The number of methoxy groups -OCH3 is 1. The minimum Gasteiger partial charge on any atom is -0.493 e. The van der Waals surface area contributed by atoms with Gasteiger partial charge in [-0.15, -0.1) is 0 Å². The number of halogens is 1. The van der Waals surface area contributed by atoms with Crippen LogP contribution >= 0.6 is 22.6 Å². The summed E-state index contributed by atoms with van der Waals surface area (Å²) in [4.78, 5) is 36.2. The summed E-state index contributed by atoms with van der Waals surface area (Å²) in [6, 6.07) is 9.18. The molecule has 0 bridgehead atoms. The number of anilines is 1. The third-order valence-corrected chi connectivity index (χ3v) is 6.01. The molecular weight excluding hydrogens is 579 g/mol. The number of aryl methyl sites for hydroxylation is 2. The summed E-state index contributed by atoms with van der Waals surface area (Å²) in [7, 11) is 1.48. The zero-order valence-electron chi connectivity index (χ0n) is 20.4. The molecule has 1 aliphatic rings. The van der Waals surface area contributed by atoms with Gasteiger partial charge in [0.05, 0.1) is 23.0 Å². The molecule has 1 atom stereocenters. The highest BCUT2D eigenvalue weighted by molar-refractivity contribution is 14.1. The quantitative estimate of drug-likeness (QED) is 0.174. The number of hydrazone groups is 1. The van der Waals surface area contributed by atoms with Crippen LogP contribution in [0, 0.1) is 17.4 Å². The van der Waals surface area contributed by atoms with Gasteiger partial charge in [-0.3, -0.25) is 14.4 Å². The summed E-state index contributed by atoms with van der Waals surface area (Å²) in [6.45, 7) is 4.68. The number of ether oxygens (including phenoxy) is 3. The van der Waals surface area contributed by atoms with Crippen LogP contribution in [0.1, 0.15) is 29.5 Å². The van der Waals surface area contributed by atoms with Crippen LogP contribution < -0.4 is 25.5 Å². The number of amides is 3. The lowest BCUT2D eigenvalue weighted by molar-refractivity contribution is -0.139. The lowest BCUT2D eigenvalue weighted by atomic mass is 10.1. The topological polar surface area (TPSA) is 127 Å². The molecule has 11 heteroatoms. The number of carbonyl (C=O) groups excluding carboxylic acids is 3. The van der Waals surface area contributed by atoms with Gasteiger partial charge in [0, 0.05) is 18.8 Å². The van der Waals surface area contributed by atoms with Gasteiger partial charge in [0.15, 0.2) is 18.1 Å². The number of hydrogen-bond donors (Lipinski definition) is 3. The van der Waals surface area contributed by atoms with Crippen LogP contribution in [0.15, 0.2) is 35.4 Å². The lowest BCUT2D eigenvalue weighted by Gasteiger charge is -2.14. The zero-order chi connectivity index (χ0) is 26.1. The van der Waals surface area contributed by atoms with Gasteiger partial charge in [-0.1, -0.05) is 6.07 Å². The van der Waals surface area contributed by atoms with Gasteiger partial charge in [0.1, 0.15) is 0 Å². The SMILES string of the molecule is COc1cc(/C=N\NC(=O)C(=O)NC[C@@H]2CCCO2)cc(I)c1OCC(=O)Nc1cc(C)cc(C)c1. The normalized spacial score (nSPS) is 14.9. The lowest BCUT2D eigenvalue weighted by Crippen LogP contribution is -2.41. The van der Waals surface area contributed by atoms with Crippen LogP contribution in [-0.2, 0) is 19.1 Å². The predicted molar refractivity (Wildman–Crippen MR) is 143 cm³/mol. The molecule has 2 aromatic rings. The van der Waals surface area contributed by atoms with E-state index in [4.69, 9.17) is 14.2 Å². The summed E-state index contributed by atoms with van der Waals surface area (Å²) in [5.41, 5.74) is 5.61. The maximum atomic E-state index is 12.4. The van der Waals surface area contributed by atoms with Crippen LogP contribution in [0.4, 0.5) is 5.69 Å². The number of nitrogens with zero attached hydrogens (tertiary/aromatic N) is 1. The first kappa shape index (κ1) is 27.4. The van der Waals surface area contributed by atoms with Crippen LogP contribution in [0.2, 0.25) is 0 Å². The second-order valence-corrected chi connectivity index (χ2v) is 9.45. The molecule has 1 fully saturated rings. The van der Waals surface area contributed by atoms with Crippen LogP contribution in [0.3, 0.4) is 0 Å². The highest BCUT2D eigenvalue weighted by Crippen LogP contribution is 2.33. The van der Waals surface area contributed by atoms with E-state index in [2.05, 4.69) is 43.8 Å². The zero-order valence-corrected chi connectivity index (χ0v) is 22.5. The molecule has 3 N–H and O–H groups in total. The average molecular weight is 608 g/mol. The van der Waals surface area contributed by atoms with E-state index in [0.717, 1.165) is 24.0 Å². The van der Waals surface area contributed by atoms with Crippen LogP contribution in [0.5, 0.6) is 11.5 Å². The van der Waals surface area contributed by atoms with Gasteiger partial charge in [-0.05, 0) is 90.2 Å². The Morgan fingerprint density at radius 3 is 2.56 bits per heavy atom. The van der Waals surface area contributed by atoms with Crippen molar-refractivity contribution < 1.29 is 28.6 Å². The smallest absolute Gasteiger partial charge is 0.329 e. The third-order valence-electron chi connectivity index (χ3n) is 5.21. The molecule has 10 nitrogen and oxygen atoms in total. The van der Waals surface area contributed by atoms with Gasteiger partial charge in [0.25, 0.3) is 5.91 Å². The minimum absolute atomic E-state index is 0.0571. The molecule has 2 aromatic carbocycles. The monoisotopic (exact) mass is 608 g/mol. The van der Waals surface area contributed by atoms with E-state index < -0.39 is 11.8 Å². The summed E-state index contributed by atoms with van der Waals surface area (Å²) in [5.74, 6) is -1.16. The van der Waals surface area contributed by atoms with Gasteiger partial charge in [-0.25, -0.2) is 5.43 Å². The largest absolute Gasteiger partial charge is 0.493 e. The van der Waals surface area contributed by atoms with Crippen molar-refractivity contribution in [3.8, 4) is 11.5 Å². The molecule has 0 saturated carbocycles. The van der Waals surface area contributed by atoms with E-state index in [-0.39, 0.29) is 25.2 Å². The molecule has 0 unspecified atom stereocenters. The van der Waals surface area contributed by atoms with Crippen molar-refractivity contribution in [1.82, 2.24) is 10.7 Å². The average Bonchev–Trinajstić information content (AvgIpc) is 3.34. The molecule has 1 aliphatic heterocycles. The highest BCUT2D eigenvalue weighted by Gasteiger charge is 2.19. The number of benzene rings is 2. The summed E-state index contributed by atoms with van der Waals surface area (Å²) < 4.78 is 17.2. The van der Waals surface area contributed by atoms with E-state index in [1.54, 1.807) is 12.1 Å². The summed E-state index contributed by atoms with van der Waals surface area (Å²) in [6.07, 6.45) is 3.13. The van der Waals surface area contributed by atoms with Crippen molar-refractivity contribution in [3.63, 3.8) is 0 Å². The van der Waals surface area contributed by atoms with E-state index in [1.807, 2.05) is 32.0 Å². The van der Waals surface area contributed by atoms with E-state index in [9.17, 15) is 14.4 Å². The van der Waals surface area contributed by atoms with E-state index >= 15 is 0 Å². The van der Waals surface area contributed by atoms with Crippen molar-refractivity contribution in [1.29, 1.82) is 0 Å². The number of nitrogens with one attached hydrogen (secondary N) is 3. The summed E-state index contributed by atoms with van der Waals surface area (Å²) >= 11 is 2.06. The van der Waals surface area contributed by atoms with Gasteiger partial charge in [0.2, 0.25) is 0 Å². The standard InChI is InChI=1S/C25H29IN4O6/c1-15-7-16(2)9-18(8-15)29-22(31)14-36-23-20(26)10-17(11-21(23)34-3)12-28-30-25(33)24(32)27-13-19-5-4-6-35-19/h7-12,19H,4-6,13-14H2,1-3H3,(H,27,32)(H,29,31)(H,30,33)/b28-12-/t19-/m0/s1. The molecular formula is C25H29IN4O6. The molecule has 3 rings (SSSR count). The molecule has 0 radical (unpaired) electrons. The Kier molecular flexibility index (Phi) is 10.1. The van der Waals surface area contributed by atoms with Crippen molar-refractivity contribution in [2.45, 2.75) is 32.8 Å².